The number of aliphatic hydroxyl groups is 1. The first-order valence-electron chi connectivity index (χ1n) is 8.60. The molecule has 5 nitrogen and oxygen atoms in total. The molecule has 0 unspecified atom stereocenters. The molecule has 1 amide bonds. The second-order valence-corrected chi connectivity index (χ2v) is 7.03. The highest BCUT2D eigenvalue weighted by Crippen LogP contribution is 2.16. The molecule has 2 rings (SSSR count). The van der Waals surface area contributed by atoms with Crippen molar-refractivity contribution >= 4 is 5.91 Å². The van der Waals surface area contributed by atoms with E-state index in [1.54, 1.807) is 7.11 Å². The lowest BCUT2D eigenvalue weighted by atomic mass is 9.98. The Morgan fingerprint density at radius 1 is 1.38 bits per heavy atom. The number of carbonyl (C=O) groups excluding carboxylic acids is 1. The summed E-state index contributed by atoms with van der Waals surface area (Å²) in [5.41, 5.74) is 1.17. The van der Waals surface area contributed by atoms with Gasteiger partial charge in [0.1, 0.15) is 0 Å². The van der Waals surface area contributed by atoms with E-state index in [2.05, 4.69) is 0 Å². The average Bonchev–Trinajstić information content (AvgIpc) is 2.57. The summed E-state index contributed by atoms with van der Waals surface area (Å²) in [4.78, 5) is 14.5. The maximum absolute atomic E-state index is 12.6. The maximum atomic E-state index is 12.6. The van der Waals surface area contributed by atoms with Crippen molar-refractivity contribution in [2.24, 2.45) is 0 Å². The van der Waals surface area contributed by atoms with E-state index in [-0.39, 0.29) is 12.0 Å². The Labute approximate surface area is 144 Å². The number of carbonyl (C=O) groups is 1. The van der Waals surface area contributed by atoms with Crippen LogP contribution in [0.25, 0.3) is 0 Å². The first kappa shape index (κ1) is 18.9. The van der Waals surface area contributed by atoms with Crippen molar-refractivity contribution in [2.75, 3.05) is 33.4 Å². The highest BCUT2D eigenvalue weighted by Gasteiger charge is 2.24. The summed E-state index contributed by atoms with van der Waals surface area (Å²) in [5.74, 6) is 0.0507. The Morgan fingerprint density at radius 3 is 2.71 bits per heavy atom. The average molecular weight is 335 g/mol. The minimum Gasteiger partial charge on any atom is -0.390 e. The Morgan fingerprint density at radius 2 is 2.08 bits per heavy atom. The third-order valence-electron chi connectivity index (χ3n) is 4.30. The lowest BCUT2D eigenvalue weighted by Crippen LogP contribution is -2.45. The molecule has 0 bridgehead atoms. The summed E-state index contributed by atoms with van der Waals surface area (Å²) in [5, 5.41) is 9.80. The van der Waals surface area contributed by atoms with Gasteiger partial charge in [0.15, 0.2) is 0 Å². The number of hydrogen-bond donors (Lipinski definition) is 1. The van der Waals surface area contributed by atoms with E-state index in [4.69, 9.17) is 9.47 Å². The third kappa shape index (κ3) is 5.89. The molecule has 0 radical (unpaired) electrons. The van der Waals surface area contributed by atoms with Gasteiger partial charge in [-0.1, -0.05) is 12.1 Å². The molecule has 1 fully saturated rings. The molecule has 1 aliphatic rings. The van der Waals surface area contributed by atoms with Gasteiger partial charge in [-0.3, -0.25) is 4.79 Å². The molecule has 1 aliphatic heterocycles. The van der Waals surface area contributed by atoms with Crippen LogP contribution >= 0.6 is 0 Å². The zero-order valence-corrected chi connectivity index (χ0v) is 15.0. The zero-order valence-electron chi connectivity index (χ0n) is 15.0. The predicted molar refractivity (Wildman–Crippen MR) is 93.2 cm³/mol. The van der Waals surface area contributed by atoms with E-state index in [9.17, 15) is 9.90 Å². The lowest BCUT2D eigenvalue weighted by Gasteiger charge is -2.33. The molecule has 0 saturated carbocycles. The molecular formula is C19H29NO4. The van der Waals surface area contributed by atoms with E-state index in [1.807, 2.05) is 43.0 Å². The van der Waals surface area contributed by atoms with E-state index >= 15 is 0 Å². The SMILES string of the molecule is COCC[C@@H]1CN(C(=O)c2ccc(CCC(C)(C)O)cc2)CCO1. The Balaban J connectivity index is 1.92. The number of amides is 1. The smallest absolute Gasteiger partial charge is 0.254 e. The maximum Gasteiger partial charge on any atom is 0.254 e. The largest absolute Gasteiger partial charge is 0.390 e. The Bertz CT molecular complexity index is 521. The molecule has 1 N–H and O–H groups in total. The van der Waals surface area contributed by atoms with Crippen LogP contribution in [-0.2, 0) is 15.9 Å². The molecule has 24 heavy (non-hydrogen) atoms. The molecule has 0 spiro atoms. The fourth-order valence-corrected chi connectivity index (χ4v) is 2.77. The summed E-state index contributed by atoms with van der Waals surface area (Å²) in [6.45, 7) is 6.07. The van der Waals surface area contributed by atoms with Crippen molar-refractivity contribution in [1.82, 2.24) is 4.90 Å². The number of aryl methyl sites for hydroxylation is 1. The number of nitrogens with zero attached hydrogens (tertiary/aromatic N) is 1. The lowest BCUT2D eigenvalue weighted by molar-refractivity contribution is -0.0332. The molecule has 1 atom stereocenters. The number of rotatable bonds is 7. The second kappa shape index (κ2) is 8.60. The van der Waals surface area contributed by atoms with Crippen molar-refractivity contribution in [3.8, 4) is 0 Å². The fraction of sp³-hybridized carbons (Fsp3) is 0.632. The molecule has 1 aromatic rings. The Kier molecular flexibility index (Phi) is 6.78. The van der Waals surface area contributed by atoms with E-state index < -0.39 is 5.60 Å². The van der Waals surface area contributed by atoms with Gasteiger partial charge in [0.2, 0.25) is 0 Å². The van der Waals surface area contributed by atoms with Crippen LogP contribution < -0.4 is 0 Å². The minimum absolute atomic E-state index is 0.0497. The van der Waals surface area contributed by atoms with Gasteiger partial charge in [-0.05, 0) is 50.8 Å². The van der Waals surface area contributed by atoms with Gasteiger partial charge >= 0.3 is 0 Å². The van der Waals surface area contributed by atoms with Gasteiger partial charge in [0.05, 0.1) is 18.3 Å². The number of hydrogen-bond acceptors (Lipinski definition) is 4. The normalized spacial score (nSPS) is 18.7. The minimum atomic E-state index is -0.667. The molecule has 1 aromatic carbocycles. The van der Waals surface area contributed by atoms with Gasteiger partial charge in [0.25, 0.3) is 5.91 Å². The number of benzene rings is 1. The van der Waals surface area contributed by atoms with Crippen LogP contribution in [0.1, 0.15) is 42.6 Å². The van der Waals surface area contributed by atoms with Gasteiger partial charge in [-0.2, -0.15) is 0 Å². The third-order valence-corrected chi connectivity index (χ3v) is 4.30. The van der Waals surface area contributed by atoms with Crippen LogP contribution in [0.4, 0.5) is 0 Å². The van der Waals surface area contributed by atoms with Crippen LogP contribution in [0.5, 0.6) is 0 Å². The van der Waals surface area contributed by atoms with Crippen molar-refractivity contribution in [3.05, 3.63) is 35.4 Å². The summed E-state index contributed by atoms with van der Waals surface area (Å²) >= 11 is 0. The fourth-order valence-electron chi connectivity index (χ4n) is 2.77. The molecule has 1 saturated heterocycles. The summed E-state index contributed by atoms with van der Waals surface area (Å²) < 4.78 is 10.8. The van der Waals surface area contributed by atoms with E-state index in [0.717, 1.165) is 18.4 Å². The highest BCUT2D eigenvalue weighted by molar-refractivity contribution is 5.94. The first-order chi connectivity index (χ1) is 11.4. The number of ether oxygens (including phenoxy) is 2. The first-order valence-corrected chi connectivity index (χ1v) is 8.60. The number of methoxy groups -OCH3 is 1. The molecule has 0 aromatic heterocycles. The molecule has 5 heteroatoms. The Hall–Kier alpha value is -1.43. The molecular weight excluding hydrogens is 306 g/mol. The number of morpholine rings is 1. The van der Waals surface area contributed by atoms with Crippen molar-refractivity contribution in [2.45, 2.75) is 44.8 Å². The van der Waals surface area contributed by atoms with Crippen molar-refractivity contribution in [3.63, 3.8) is 0 Å². The topological polar surface area (TPSA) is 59.0 Å². The molecule has 134 valence electrons. The monoisotopic (exact) mass is 335 g/mol. The van der Waals surface area contributed by atoms with Crippen LogP contribution in [0.15, 0.2) is 24.3 Å². The van der Waals surface area contributed by atoms with Crippen LogP contribution in [0.3, 0.4) is 0 Å². The van der Waals surface area contributed by atoms with Crippen molar-refractivity contribution < 1.29 is 19.4 Å². The van der Waals surface area contributed by atoms with Crippen molar-refractivity contribution in [1.29, 1.82) is 0 Å². The standard InChI is InChI=1S/C19H29NO4/c1-19(2,22)10-8-15-4-6-16(7-5-15)18(21)20-11-13-24-17(14-20)9-12-23-3/h4-7,17,22H,8-14H2,1-3H3/t17-/m1/s1. The van der Waals surface area contributed by atoms with Gasteiger partial charge < -0.3 is 19.5 Å². The van der Waals surface area contributed by atoms with E-state index in [0.29, 0.717) is 38.3 Å². The predicted octanol–water partition coefficient (Wildman–Crippen LogP) is 2.27. The van der Waals surface area contributed by atoms with Gasteiger partial charge in [0, 0.05) is 32.4 Å². The highest BCUT2D eigenvalue weighted by atomic mass is 16.5. The summed E-state index contributed by atoms with van der Waals surface area (Å²) in [7, 11) is 1.67. The zero-order chi connectivity index (χ0) is 17.6. The molecule has 0 aliphatic carbocycles. The van der Waals surface area contributed by atoms with Gasteiger partial charge in [-0.25, -0.2) is 0 Å². The summed E-state index contributed by atoms with van der Waals surface area (Å²) in [6.07, 6.45) is 2.35. The van der Waals surface area contributed by atoms with Crippen LogP contribution in [0, 0.1) is 0 Å². The second-order valence-electron chi connectivity index (χ2n) is 7.03. The van der Waals surface area contributed by atoms with Gasteiger partial charge in [-0.15, -0.1) is 0 Å². The van der Waals surface area contributed by atoms with Crippen LogP contribution in [-0.4, -0.2) is 61.0 Å². The summed E-state index contributed by atoms with van der Waals surface area (Å²) in [6, 6.07) is 7.70. The van der Waals surface area contributed by atoms with Crippen LogP contribution in [0.2, 0.25) is 0 Å². The molecule has 1 heterocycles. The van der Waals surface area contributed by atoms with E-state index in [1.165, 1.54) is 0 Å². The quantitative estimate of drug-likeness (QED) is 0.830.